The van der Waals surface area contributed by atoms with E-state index in [0.717, 1.165) is 11.3 Å². The summed E-state index contributed by atoms with van der Waals surface area (Å²) in [6, 6.07) is 17.9. The Kier molecular flexibility index (Phi) is 8.44. The minimum Gasteiger partial charge on any atom is -0.370 e. The normalized spacial score (nSPS) is 14.6. The molecule has 0 unspecified atom stereocenters. The molecule has 11 nitrogen and oxygen atoms in total. The quantitative estimate of drug-likeness (QED) is 0.226. The van der Waals surface area contributed by atoms with Gasteiger partial charge in [0.25, 0.3) is 0 Å². The van der Waals surface area contributed by atoms with E-state index in [2.05, 4.69) is 35.9 Å². The largest absolute Gasteiger partial charge is 0.370 e. The number of hydrazone groups is 1. The summed E-state index contributed by atoms with van der Waals surface area (Å²) in [7, 11) is -2.12. The van der Waals surface area contributed by atoms with E-state index < -0.39 is 10.0 Å². The molecule has 190 valence electrons. The zero-order valence-corrected chi connectivity index (χ0v) is 20.9. The van der Waals surface area contributed by atoms with Crippen LogP contribution in [-0.4, -0.2) is 57.2 Å². The van der Waals surface area contributed by atoms with Crippen LogP contribution in [-0.2, 0) is 19.5 Å². The lowest BCUT2D eigenvalue weighted by Crippen LogP contribution is -2.18. The molecule has 0 amide bonds. The van der Waals surface area contributed by atoms with Gasteiger partial charge in [0, 0.05) is 24.7 Å². The van der Waals surface area contributed by atoms with Gasteiger partial charge in [0.05, 0.1) is 23.8 Å². The predicted octanol–water partition coefficient (Wildman–Crippen LogP) is 3.14. The maximum absolute atomic E-state index is 11.9. The van der Waals surface area contributed by atoms with Gasteiger partial charge in [0.15, 0.2) is 12.1 Å². The number of rotatable bonds is 11. The molecular weight excluding hydrogens is 482 g/mol. The summed E-state index contributed by atoms with van der Waals surface area (Å²) in [6.07, 6.45) is 0.477. The standard InChI is InChI=1S/C24H29N7O4S/c1-17(18-8-10-20(11-9-18)36(32,33)25-2)30-31-22-16-21(26-13-12-23-34-14-15-35-23)28-24(29-22)27-19-6-4-3-5-7-19/h3-11,16,23,25H,12-15H2,1-2H3,(H3,26,27,28,29,31). The van der Waals surface area contributed by atoms with E-state index in [1.807, 2.05) is 37.3 Å². The van der Waals surface area contributed by atoms with E-state index in [1.165, 1.54) is 19.2 Å². The zero-order valence-electron chi connectivity index (χ0n) is 20.1. The first-order chi connectivity index (χ1) is 17.4. The molecule has 0 aliphatic carbocycles. The van der Waals surface area contributed by atoms with Gasteiger partial charge in [-0.3, -0.25) is 5.43 Å². The van der Waals surface area contributed by atoms with E-state index >= 15 is 0 Å². The van der Waals surface area contributed by atoms with E-state index in [9.17, 15) is 8.42 Å². The van der Waals surface area contributed by atoms with E-state index in [4.69, 9.17) is 9.47 Å². The molecule has 0 spiro atoms. The summed E-state index contributed by atoms with van der Waals surface area (Å²) in [5.41, 5.74) is 5.25. The monoisotopic (exact) mass is 511 g/mol. The predicted molar refractivity (Wildman–Crippen MR) is 139 cm³/mol. The van der Waals surface area contributed by atoms with Crippen molar-refractivity contribution in [3.8, 4) is 0 Å². The smallest absolute Gasteiger partial charge is 0.240 e. The summed E-state index contributed by atoms with van der Waals surface area (Å²) >= 11 is 0. The number of hydrogen-bond acceptors (Lipinski definition) is 10. The molecule has 2 heterocycles. The van der Waals surface area contributed by atoms with E-state index in [1.54, 1.807) is 18.2 Å². The van der Waals surface area contributed by atoms with Crippen molar-refractivity contribution in [1.82, 2.24) is 14.7 Å². The number of ether oxygens (including phenoxy) is 2. The fourth-order valence-corrected chi connectivity index (χ4v) is 4.12. The molecule has 1 aliphatic heterocycles. The number of hydrogen-bond donors (Lipinski definition) is 4. The van der Waals surface area contributed by atoms with E-state index in [-0.39, 0.29) is 11.2 Å². The Morgan fingerprint density at radius 1 is 1.03 bits per heavy atom. The number of para-hydroxylation sites is 1. The lowest BCUT2D eigenvalue weighted by atomic mass is 10.1. The second-order valence-electron chi connectivity index (χ2n) is 7.88. The third-order valence-corrected chi connectivity index (χ3v) is 6.75. The molecule has 3 aromatic rings. The number of aromatic nitrogens is 2. The van der Waals surface area contributed by atoms with Crippen LogP contribution in [0.4, 0.5) is 23.3 Å². The molecule has 0 saturated carbocycles. The highest BCUT2D eigenvalue weighted by molar-refractivity contribution is 7.89. The second-order valence-corrected chi connectivity index (χ2v) is 9.77. The molecule has 4 N–H and O–H groups in total. The molecule has 4 rings (SSSR count). The van der Waals surface area contributed by atoms with Crippen LogP contribution in [0.15, 0.2) is 70.7 Å². The number of sulfonamides is 1. The Morgan fingerprint density at radius 3 is 2.42 bits per heavy atom. The van der Waals surface area contributed by atoms with Crippen molar-refractivity contribution in [1.29, 1.82) is 0 Å². The molecule has 0 radical (unpaired) electrons. The van der Waals surface area contributed by atoms with Crippen LogP contribution in [0, 0.1) is 0 Å². The highest BCUT2D eigenvalue weighted by Gasteiger charge is 2.15. The van der Waals surface area contributed by atoms with Gasteiger partial charge in [0.2, 0.25) is 16.0 Å². The highest BCUT2D eigenvalue weighted by Crippen LogP contribution is 2.19. The van der Waals surface area contributed by atoms with Gasteiger partial charge in [-0.05, 0) is 43.8 Å². The molecule has 36 heavy (non-hydrogen) atoms. The Balaban J connectivity index is 1.49. The fraction of sp³-hybridized carbons (Fsp3) is 0.292. The van der Waals surface area contributed by atoms with Crippen LogP contribution in [0.25, 0.3) is 0 Å². The summed E-state index contributed by atoms with van der Waals surface area (Å²) in [5, 5.41) is 10.9. The van der Waals surface area contributed by atoms with Gasteiger partial charge < -0.3 is 20.1 Å². The van der Waals surface area contributed by atoms with Crippen LogP contribution < -0.4 is 20.8 Å². The lowest BCUT2D eigenvalue weighted by molar-refractivity contribution is -0.0439. The molecular formula is C24H29N7O4S. The maximum Gasteiger partial charge on any atom is 0.240 e. The zero-order chi connectivity index (χ0) is 25.4. The van der Waals surface area contributed by atoms with Gasteiger partial charge in [-0.2, -0.15) is 15.1 Å². The van der Waals surface area contributed by atoms with Crippen molar-refractivity contribution in [2.45, 2.75) is 24.5 Å². The Labute approximate surface area is 210 Å². The van der Waals surface area contributed by atoms with Crippen molar-refractivity contribution < 1.29 is 17.9 Å². The molecule has 0 atom stereocenters. The number of nitrogens with one attached hydrogen (secondary N) is 4. The number of benzene rings is 2. The molecule has 1 aliphatic rings. The first-order valence-corrected chi connectivity index (χ1v) is 12.9. The first kappa shape index (κ1) is 25.5. The van der Waals surface area contributed by atoms with Crippen molar-refractivity contribution in [2.24, 2.45) is 5.10 Å². The molecule has 2 aromatic carbocycles. The average Bonchev–Trinajstić information content (AvgIpc) is 3.41. The fourth-order valence-electron chi connectivity index (χ4n) is 3.39. The third kappa shape index (κ3) is 6.98. The van der Waals surface area contributed by atoms with Crippen molar-refractivity contribution in [3.05, 3.63) is 66.2 Å². The highest BCUT2D eigenvalue weighted by atomic mass is 32.2. The Morgan fingerprint density at radius 2 is 1.72 bits per heavy atom. The number of nitrogens with zero attached hydrogens (tertiary/aromatic N) is 3. The summed E-state index contributed by atoms with van der Waals surface area (Å²) in [5.74, 6) is 1.49. The molecule has 0 bridgehead atoms. The molecule has 12 heteroatoms. The molecule has 1 fully saturated rings. The van der Waals surface area contributed by atoms with Gasteiger partial charge in [-0.15, -0.1) is 0 Å². The first-order valence-electron chi connectivity index (χ1n) is 11.5. The van der Waals surface area contributed by atoms with Crippen molar-refractivity contribution in [3.63, 3.8) is 0 Å². The molecule has 1 saturated heterocycles. The SMILES string of the molecule is CNS(=O)(=O)c1ccc(C(C)=NNc2cc(NCCC3OCCO3)nc(Nc3ccccc3)n2)cc1. The lowest BCUT2D eigenvalue weighted by Gasteiger charge is -2.13. The minimum atomic E-state index is -3.50. The van der Waals surface area contributed by atoms with E-state index in [0.29, 0.717) is 49.5 Å². The van der Waals surface area contributed by atoms with Gasteiger partial charge in [-0.1, -0.05) is 30.3 Å². The van der Waals surface area contributed by atoms with Crippen LogP contribution in [0.5, 0.6) is 0 Å². The van der Waals surface area contributed by atoms with Crippen LogP contribution >= 0.6 is 0 Å². The Hall–Kier alpha value is -3.58. The van der Waals surface area contributed by atoms with Gasteiger partial charge in [-0.25, -0.2) is 13.1 Å². The third-order valence-electron chi connectivity index (χ3n) is 5.32. The maximum atomic E-state index is 11.9. The molecule has 1 aromatic heterocycles. The summed E-state index contributed by atoms with van der Waals surface area (Å²) in [6.45, 7) is 3.65. The van der Waals surface area contributed by atoms with Crippen molar-refractivity contribution in [2.75, 3.05) is 42.9 Å². The van der Waals surface area contributed by atoms with Crippen LogP contribution in [0.3, 0.4) is 0 Å². The summed E-state index contributed by atoms with van der Waals surface area (Å²) < 4.78 is 37.2. The Bertz CT molecular complexity index is 1280. The van der Waals surface area contributed by atoms with Crippen LogP contribution in [0.1, 0.15) is 18.9 Å². The van der Waals surface area contributed by atoms with Gasteiger partial charge >= 0.3 is 0 Å². The minimum absolute atomic E-state index is 0.186. The average molecular weight is 512 g/mol. The number of anilines is 4. The second kappa shape index (κ2) is 11.9. The summed E-state index contributed by atoms with van der Waals surface area (Å²) in [4.78, 5) is 9.26. The van der Waals surface area contributed by atoms with Crippen molar-refractivity contribution >= 4 is 39.0 Å². The van der Waals surface area contributed by atoms with Crippen LogP contribution in [0.2, 0.25) is 0 Å². The van der Waals surface area contributed by atoms with Gasteiger partial charge in [0.1, 0.15) is 5.82 Å². The topological polar surface area (TPSA) is 139 Å².